The molecule has 2 aromatic rings. The normalized spacial score (nSPS) is 14.9. The van der Waals surface area contributed by atoms with Crippen LogP contribution >= 0.6 is 11.3 Å². The van der Waals surface area contributed by atoms with Crippen molar-refractivity contribution in [3.8, 4) is 0 Å². The highest BCUT2D eigenvalue weighted by molar-refractivity contribution is 7.14. The Morgan fingerprint density at radius 2 is 1.93 bits per heavy atom. The maximum absolute atomic E-state index is 11.5. The molecule has 28 heavy (non-hydrogen) atoms. The van der Waals surface area contributed by atoms with Crippen LogP contribution in [0, 0.1) is 0 Å². The smallest absolute Gasteiger partial charge is 0.337 e. The van der Waals surface area contributed by atoms with E-state index in [0.717, 1.165) is 50.7 Å². The predicted octanol–water partition coefficient (Wildman–Crippen LogP) is 2.86. The highest BCUT2D eigenvalue weighted by atomic mass is 32.1. The maximum Gasteiger partial charge on any atom is 0.337 e. The van der Waals surface area contributed by atoms with E-state index in [1.165, 1.54) is 12.1 Å². The first-order chi connectivity index (χ1) is 13.7. The summed E-state index contributed by atoms with van der Waals surface area (Å²) in [5, 5.41) is 6.89. The third kappa shape index (κ3) is 5.25. The van der Waals surface area contributed by atoms with Gasteiger partial charge in [0.25, 0.3) is 0 Å². The summed E-state index contributed by atoms with van der Waals surface area (Å²) in [5.41, 5.74) is 1.74. The standard InChI is InChI=1S/C21H28N4O2S/c1-3-22-21(25-14-12-24(13-15-25)19-5-4-16-28-19)23-11-10-17-6-8-18(9-7-17)20(26)27-2/h4-9,16H,3,10-15H2,1-2H3,(H,22,23). The highest BCUT2D eigenvalue weighted by Gasteiger charge is 2.20. The van der Waals surface area contributed by atoms with E-state index < -0.39 is 0 Å². The molecular weight excluding hydrogens is 372 g/mol. The zero-order valence-electron chi connectivity index (χ0n) is 16.6. The van der Waals surface area contributed by atoms with Crippen LogP contribution in [0.5, 0.6) is 0 Å². The van der Waals surface area contributed by atoms with Gasteiger partial charge in [0.15, 0.2) is 5.96 Å². The van der Waals surface area contributed by atoms with Gasteiger partial charge in [0.2, 0.25) is 0 Å². The number of nitrogens with zero attached hydrogens (tertiary/aromatic N) is 3. The number of hydrogen-bond donors (Lipinski definition) is 1. The van der Waals surface area contributed by atoms with Gasteiger partial charge < -0.3 is 19.9 Å². The zero-order valence-corrected chi connectivity index (χ0v) is 17.4. The maximum atomic E-state index is 11.5. The van der Waals surface area contributed by atoms with Gasteiger partial charge in [-0.05, 0) is 48.6 Å². The predicted molar refractivity (Wildman–Crippen MR) is 116 cm³/mol. The van der Waals surface area contributed by atoms with Crippen LogP contribution in [0.4, 0.5) is 5.00 Å². The zero-order chi connectivity index (χ0) is 19.8. The van der Waals surface area contributed by atoms with Crippen LogP contribution in [0.3, 0.4) is 0 Å². The van der Waals surface area contributed by atoms with E-state index in [1.54, 1.807) is 23.5 Å². The van der Waals surface area contributed by atoms with Gasteiger partial charge in [0.1, 0.15) is 0 Å². The van der Waals surface area contributed by atoms with Crippen molar-refractivity contribution in [2.45, 2.75) is 13.3 Å². The van der Waals surface area contributed by atoms with E-state index in [0.29, 0.717) is 12.1 Å². The summed E-state index contributed by atoms with van der Waals surface area (Å²) < 4.78 is 4.74. The number of guanidine groups is 1. The molecule has 3 rings (SSSR count). The number of rotatable bonds is 6. The molecule has 0 spiro atoms. The van der Waals surface area contributed by atoms with E-state index in [-0.39, 0.29) is 5.97 Å². The number of carbonyl (C=O) groups is 1. The average Bonchev–Trinajstić information content (AvgIpc) is 3.28. The molecule has 0 aliphatic carbocycles. The van der Waals surface area contributed by atoms with Crippen molar-refractivity contribution in [2.75, 3.05) is 51.3 Å². The van der Waals surface area contributed by atoms with Crippen LogP contribution in [0.15, 0.2) is 46.8 Å². The van der Waals surface area contributed by atoms with Crippen molar-refractivity contribution in [1.82, 2.24) is 10.2 Å². The molecule has 0 atom stereocenters. The van der Waals surface area contributed by atoms with Gasteiger partial charge in [0, 0.05) is 39.3 Å². The molecule has 1 aliphatic heterocycles. The minimum Gasteiger partial charge on any atom is -0.465 e. The Labute approximate surface area is 170 Å². The van der Waals surface area contributed by atoms with Gasteiger partial charge in [-0.3, -0.25) is 4.99 Å². The lowest BCUT2D eigenvalue weighted by atomic mass is 10.1. The van der Waals surface area contributed by atoms with Gasteiger partial charge >= 0.3 is 5.97 Å². The number of benzene rings is 1. The number of methoxy groups -OCH3 is 1. The lowest BCUT2D eigenvalue weighted by molar-refractivity contribution is 0.0600. The summed E-state index contributed by atoms with van der Waals surface area (Å²) in [5.74, 6) is 0.681. The molecule has 150 valence electrons. The quantitative estimate of drug-likeness (QED) is 0.459. The van der Waals surface area contributed by atoms with Gasteiger partial charge in [0.05, 0.1) is 17.7 Å². The molecule has 1 aliphatic rings. The number of anilines is 1. The molecule has 7 heteroatoms. The Hall–Kier alpha value is -2.54. The summed E-state index contributed by atoms with van der Waals surface area (Å²) >= 11 is 1.80. The Kier molecular flexibility index (Phi) is 7.31. The Morgan fingerprint density at radius 3 is 2.54 bits per heavy atom. The Bertz CT molecular complexity index is 766. The summed E-state index contributed by atoms with van der Waals surface area (Å²) in [4.78, 5) is 21.1. The summed E-state index contributed by atoms with van der Waals surface area (Å²) in [6, 6.07) is 11.8. The minimum absolute atomic E-state index is 0.305. The molecule has 1 saturated heterocycles. The lowest BCUT2D eigenvalue weighted by Gasteiger charge is -2.37. The number of carbonyl (C=O) groups excluding carboxylic acids is 1. The average molecular weight is 401 g/mol. The number of aliphatic imine (C=N–C) groups is 1. The third-order valence-corrected chi connectivity index (χ3v) is 5.70. The number of piperazine rings is 1. The van der Waals surface area contributed by atoms with E-state index in [2.05, 4.69) is 39.6 Å². The molecule has 0 radical (unpaired) electrons. The monoisotopic (exact) mass is 400 g/mol. The minimum atomic E-state index is -0.305. The van der Waals surface area contributed by atoms with E-state index in [4.69, 9.17) is 9.73 Å². The van der Waals surface area contributed by atoms with Crippen LogP contribution in [-0.4, -0.2) is 63.2 Å². The molecule has 1 fully saturated rings. The highest BCUT2D eigenvalue weighted by Crippen LogP contribution is 2.22. The molecule has 2 heterocycles. The molecule has 0 unspecified atom stereocenters. The van der Waals surface area contributed by atoms with Crippen LogP contribution in [0.2, 0.25) is 0 Å². The summed E-state index contributed by atoms with van der Waals surface area (Å²) in [7, 11) is 1.40. The van der Waals surface area contributed by atoms with Gasteiger partial charge in [-0.25, -0.2) is 4.79 Å². The molecule has 0 bridgehead atoms. The second-order valence-corrected chi connectivity index (χ2v) is 7.53. The van der Waals surface area contributed by atoms with Crippen LogP contribution in [0.25, 0.3) is 0 Å². The fourth-order valence-corrected chi connectivity index (χ4v) is 4.02. The first-order valence-electron chi connectivity index (χ1n) is 9.70. The van der Waals surface area contributed by atoms with Gasteiger partial charge in [-0.15, -0.1) is 11.3 Å². The van der Waals surface area contributed by atoms with Crippen molar-refractivity contribution in [3.63, 3.8) is 0 Å². The largest absolute Gasteiger partial charge is 0.465 e. The van der Waals surface area contributed by atoms with Gasteiger partial charge in [-0.2, -0.15) is 0 Å². The molecule has 1 aromatic carbocycles. The second kappa shape index (κ2) is 10.1. The third-order valence-electron chi connectivity index (χ3n) is 4.77. The molecule has 1 aromatic heterocycles. The first kappa shape index (κ1) is 20.2. The van der Waals surface area contributed by atoms with Crippen molar-refractivity contribution in [2.24, 2.45) is 4.99 Å². The van der Waals surface area contributed by atoms with E-state index >= 15 is 0 Å². The summed E-state index contributed by atoms with van der Waals surface area (Å²) in [6.07, 6.45) is 0.839. The van der Waals surface area contributed by atoms with Crippen LogP contribution in [0.1, 0.15) is 22.8 Å². The number of esters is 1. The topological polar surface area (TPSA) is 57.2 Å². The van der Waals surface area contributed by atoms with E-state index in [9.17, 15) is 4.79 Å². The molecule has 6 nitrogen and oxygen atoms in total. The fourth-order valence-electron chi connectivity index (χ4n) is 3.23. The van der Waals surface area contributed by atoms with Crippen molar-refractivity contribution < 1.29 is 9.53 Å². The lowest BCUT2D eigenvalue weighted by Crippen LogP contribution is -2.52. The van der Waals surface area contributed by atoms with Crippen molar-refractivity contribution in [1.29, 1.82) is 0 Å². The van der Waals surface area contributed by atoms with Gasteiger partial charge in [-0.1, -0.05) is 12.1 Å². The number of nitrogens with one attached hydrogen (secondary N) is 1. The number of ether oxygens (including phenoxy) is 1. The van der Waals surface area contributed by atoms with E-state index in [1.807, 2.05) is 12.1 Å². The fraction of sp³-hybridized carbons (Fsp3) is 0.429. The number of hydrogen-bond acceptors (Lipinski definition) is 5. The number of thiophene rings is 1. The first-order valence-corrected chi connectivity index (χ1v) is 10.6. The Morgan fingerprint density at radius 1 is 1.18 bits per heavy atom. The molecular formula is C21H28N4O2S. The second-order valence-electron chi connectivity index (χ2n) is 6.60. The van der Waals surface area contributed by atoms with Crippen LogP contribution < -0.4 is 10.2 Å². The van der Waals surface area contributed by atoms with Crippen LogP contribution in [-0.2, 0) is 11.2 Å². The molecule has 0 amide bonds. The Balaban J connectivity index is 1.53. The van der Waals surface area contributed by atoms with Crippen molar-refractivity contribution >= 4 is 28.3 Å². The molecule has 0 saturated carbocycles. The summed E-state index contributed by atoms with van der Waals surface area (Å²) in [6.45, 7) is 7.64. The SMILES string of the molecule is CCNC(=NCCc1ccc(C(=O)OC)cc1)N1CCN(c2cccs2)CC1. The molecule has 1 N–H and O–H groups in total. The van der Waals surface area contributed by atoms with Crippen molar-refractivity contribution in [3.05, 3.63) is 52.9 Å².